The Morgan fingerprint density at radius 1 is 0.545 bits per heavy atom. The zero-order valence-electron chi connectivity index (χ0n) is 11.7. The van der Waals surface area contributed by atoms with Crippen LogP contribution in [0.4, 0.5) is 4.79 Å². The van der Waals surface area contributed by atoms with Gasteiger partial charge in [-0.2, -0.15) is 0 Å². The average Bonchev–Trinajstić information content (AvgIpc) is 2.50. The number of fused-ring (bicyclic) bond motifs is 3. The molecule has 4 rings (SSSR count). The van der Waals surface area contributed by atoms with Gasteiger partial charge in [-0.3, -0.25) is 0 Å². The third-order valence-corrected chi connectivity index (χ3v) is 3.57. The van der Waals surface area contributed by atoms with E-state index in [0.717, 1.165) is 0 Å². The highest BCUT2D eigenvalue weighted by atomic mass is 16.6. The van der Waals surface area contributed by atoms with Crippen LogP contribution in [0.3, 0.4) is 0 Å². The molecule has 0 aliphatic rings. The minimum atomic E-state index is -1.83. The smallest absolute Gasteiger partial charge is 0.450 e. The highest BCUT2D eigenvalue weighted by molar-refractivity contribution is 6.04. The molecule has 0 fully saturated rings. The van der Waals surface area contributed by atoms with Crippen molar-refractivity contribution in [3.8, 4) is 0 Å². The standard InChI is InChI=1S/C18H12.CH2O3/c1-2-6-14-10-18-12-16-8-4-3-7-15(16)11-17(18)9-13(14)5-1;2-1(3)4/h1-12H;(H2,2,3,4). The molecule has 0 spiro atoms. The molecule has 0 saturated carbocycles. The molecule has 0 aliphatic heterocycles. The van der Waals surface area contributed by atoms with E-state index in [2.05, 4.69) is 72.8 Å². The Labute approximate surface area is 127 Å². The van der Waals surface area contributed by atoms with E-state index in [1.165, 1.54) is 32.3 Å². The number of hydrogen-bond donors (Lipinski definition) is 2. The molecule has 0 aliphatic carbocycles. The first-order valence-corrected chi connectivity index (χ1v) is 6.87. The van der Waals surface area contributed by atoms with Crippen LogP contribution in [0, 0.1) is 0 Å². The van der Waals surface area contributed by atoms with Crippen LogP contribution in [0.2, 0.25) is 0 Å². The second-order valence-electron chi connectivity index (χ2n) is 5.03. The minimum absolute atomic E-state index is 1.31. The molecule has 0 unspecified atom stereocenters. The summed E-state index contributed by atoms with van der Waals surface area (Å²) in [6, 6.07) is 26.2. The van der Waals surface area contributed by atoms with Crippen molar-refractivity contribution in [1.29, 1.82) is 0 Å². The maximum absolute atomic E-state index is 8.56. The van der Waals surface area contributed by atoms with E-state index in [1.807, 2.05) is 0 Å². The third kappa shape index (κ3) is 2.83. The predicted octanol–water partition coefficient (Wildman–Crippen LogP) is 5.37. The largest absolute Gasteiger partial charge is 0.503 e. The Kier molecular flexibility index (Phi) is 3.62. The SMILES string of the molecule is O=C(O)O.c1ccc2cc3cc4ccccc4cc3cc2c1. The van der Waals surface area contributed by atoms with Gasteiger partial charge < -0.3 is 10.2 Å². The highest BCUT2D eigenvalue weighted by Gasteiger charge is 2.00. The van der Waals surface area contributed by atoms with Crippen molar-refractivity contribution in [2.24, 2.45) is 0 Å². The molecule has 3 heteroatoms. The fourth-order valence-electron chi connectivity index (χ4n) is 2.63. The third-order valence-electron chi connectivity index (χ3n) is 3.57. The van der Waals surface area contributed by atoms with E-state index < -0.39 is 6.16 Å². The zero-order chi connectivity index (χ0) is 15.5. The summed E-state index contributed by atoms with van der Waals surface area (Å²) in [5.41, 5.74) is 0. The van der Waals surface area contributed by atoms with Crippen LogP contribution in [0.1, 0.15) is 0 Å². The lowest BCUT2D eigenvalue weighted by molar-refractivity contribution is 0.137. The van der Waals surface area contributed by atoms with Crippen molar-refractivity contribution in [2.45, 2.75) is 0 Å². The van der Waals surface area contributed by atoms with Gasteiger partial charge in [0.1, 0.15) is 0 Å². The van der Waals surface area contributed by atoms with Gasteiger partial charge in [-0.05, 0) is 56.6 Å². The lowest BCUT2D eigenvalue weighted by Crippen LogP contribution is -1.81. The summed E-state index contributed by atoms with van der Waals surface area (Å²) in [7, 11) is 0. The topological polar surface area (TPSA) is 57.5 Å². The summed E-state index contributed by atoms with van der Waals surface area (Å²) >= 11 is 0. The van der Waals surface area contributed by atoms with Crippen LogP contribution >= 0.6 is 0 Å². The summed E-state index contributed by atoms with van der Waals surface area (Å²) in [5.74, 6) is 0. The monoisotopic (exact) mass is 290 g/mol. The second-order valence-corrected chi connectivity index (χ2v) is 5.03. The van der Waals surface area contributed by atoms with E-state index in [9.17, 15) is 0 Å². The maximum Gasteiger partial charge on any atom is 0.503 e. The lowest BCUT2D eigenvalue weighted by atomic mass is 10.00. The molecule has 108 valence electrons. The molecule has 0 heterocycles. The Morgan fingerprint density at radius 3 is 1.00 bits per heavy atom. The summed E-state index contributed by atoms with van der Waals surface area (Å²) < 4.78 is 0. The van der Waals surface area contributed by atoms with Crippen LogP contribution < -0.4 is 0 Å². The summed E-state index contributed by atoms with van der Waals surface area (Å²) in [5, 5.41) is 21.8. The molecule has 0 bridgehead atoms. The summed E-state index contributed by atoms with van der Waals surface area (Å²) in [6.45, 7) is 0. The van der Waals surface area contributed by atoms with Crippen molar-refractivity contribution in [3.05, 3.63) is 72.8 Å². The van der Waals surface area contributed by atoms with Gasteiger partial charge in [-0.1, -0.05) is 48.5 Å². The molecule has 2 N–H and O–H groups in total. The second kappa shape index (κ2) is 5.74. The van der Waals surface area contributed by atoms with E-state index in [-0.39, 0.29) is 0 Å². The molecule has 0 atom stereocenters. The molecular weight excluding hydrogens is 276 g/mol. The Hall–Kier alpha value is -3.07. The van der Waals surface area contributed by atoms with Crippen molar-refractivity contribution >= 4 is 38.5 Å². The normalized spacial score (nSPS) is 10.4. The molecule has 4 aromatic carbocycles. The number of hydrogen-bond acceptors (Lipinski definition) is 1. The fraction of sp³-hybridized carbons (Fsp3) is 0. The lowest BCUT2D eigenvalue weighted by Gasteiger charge is -2.04. The summed E-state index contributed by atoms with van der Waals surface area (Å²) in [4.78, 5) is 8.56. The van der Waals surface area contributed by atoms with Gasteiger partial charge in [0, 0.05) is 0 Å². The van der Waals surface area contributed by atoms with E-state index in [0.29, 0.717) is 0 Å². The Bertz CT molecular complexity index is 826. The first kappa shape index (κ1) is 13.9. The van der Waals surface area contributed by atoms with Crippen molar-refractivity contribution in [2.75, 3.05) is 0 Å². The Balaban J connectivity index is 0.000000325. The van der Waals surface area contributed by atoms with Gasteiger partial charge >= 0.3 is 6.16 Å². The highest BCUT2D eigenvalue weighted by Crippen LogP contribution is 2.27. The van der Waals surface area contributed by atoms with Crippen LogP contribution in [-0.4, -0.2) is 16.4 Å². The van der Waals surface area contributed by atoms with Crippen LogP contribution in [-0.2, 0) is 0 Å². The van der Waals surface area contributed by atoms with Crippen molar-refractivity contribution in [1.82, 2.24) is 0 Å². The first-order chi connectivity index (χ1) is 10.6. The van der Waals surface area contributed by atoms with Crippen LogP contribution in [0.15, 0.2) is 72.8 Å². The summed E-state index contributed by atoms with van der Waals surface area (Å²) in [6.07, 6.45) is -1.83. The predicted molar refractivity (Wildman–Crippen MR) is 89.6 cm³/mol. The van der Waals surface area contributed by atoms with Gasteiger partial charge in [0.2, 0.25) is 0 Å². The molecule has 0 saturated heterocycles. The number of benzene rings is 4. The van der Waals surface area contributed by atoms with E-state index >= 15 is 0 Å². The molecule has 0 aromatic heterocycles. The first-order valence-electron chi connectivity index (χ1n) is 6.87. The minimum Gasteiger partial charge on any atom is -0.450 e. The van der Waals surface area contributed by atoms with Gasteiger partial charge in [-0.15, -0.1) is 0 Å². The molecular formula is C19H14O3. The van der Waals surface area contributed by atoms with Crippen molar-refractivity contribution in [3.63, 3.8) is 0 Å². The molecule has 0 radical (unpaired) electrons. The van der Waals surface area contributed by atoms with E-state index in [1.54, 1.807) is 0 Å². The van der Waals surface area contributed by atoms with Gasteiger partial charge in [-0.25, -0.2) is 4.79 Å². The van der Waals surface area contributed by atoms with Gasteiger partial charge in [0.25, 0.3) is 0 Å². The quantitative estimate of drug-likeness (QED) is 0.428. The maximum atomic E-state index is 8.56. The molecule has 4 aromatic rings. The average molecular weight is 290 g/mol. The molecule has 3 nitrogen and oxygen atoms in total. The fourth-order valence-corrected chi connectivity index (χ4v) is 2.63. The number of rotatable bonds is 0. The van der Waals surface area contributed by atoms with Gasteiger partial charge in [0.05, 0.1) is 0 Å². The number of carboxylic acid groups (broad SMARTS) is 2. The Morgan fingerprint density at radius 2 is 0.773 bits per heavy atom. The molecule has 0 amide bonds. The van der Waals surface area contributed by atoms with E-state index in [4.69, 9.17) is 15.0 Å². The van der Waals surface area contributed by atoms with Crippen LogP contribution in [0.5, 0.6) is 0 Å². The van der Waals surface area contributed by atoms with Crippen LogP contribution in [0.25, 0.3) is 32.3 Å². The number of carbonyl (C=O) groups is 1. The van der Waals surface area contributed by atoms with Crippen molar-refractivity contribution < 1.29 is 15.0 Å². The van der Waals surface area contributed by atoms with Gasteiger partial charge in [0.15, 0.2) is 0 Å². The zero-order valence-corrected chi connectivity index (χ0v) is 11.7. The molecule has 22 heavy (non-hydrogen) atoms.